The van der Waals surface area contributed by atoms with E-state index >= 15 is 0 Å². The summed E-state index contributed by atoms with van der Waals surface area (Å²) in [6.07, 6.45) is 0. The van der Waals surface area contributed by atoms with Gasteiger partial charge in [0.25, 0.3) is 0 Å². The Morgan fingerprint density at radius 3 is 1.25 bits per heavy atom. The zero-order valence-electron chi connectivity index (χ0n) is 2.01. The van der Waals surface area contributed by atoms with Crippen molar-refractivity contribution in [3.63, 3.8) is 0 Å². The van der Waals surface area contributed by atoms with E-state index < -0.39 is 0 Å². The van der Waals surface area contributed by atoms with Crippen LogP contribution in [-0.4, -0.2) is 25.8 Å². The van der Waals surface area contributed by atoms with E-state index in [1.165, 1.54) is 26.1 Å². The van der Waals surface area contributed by atoms with Crippen molar-refractivity contribution in [2.45, 2.75) is 0 Å². The fourth-order valence-corrected chi connectivity index (χ4v) is 0. The SMILES string of the molecule is [AlH3].[Cu].[SiH3][Zn]. The molecule has 0 saturated heterocycles. The van der Waals surface area contributed by atoms with Crippen molar-refractivity contribution in [2.24, 2.45) is 0 Å². The van der Waals surface area contributed by atoms with Gasteiger partial charge in [0.1, 0.15) is 0 Å². The molecular formula is H6AlCuSiZn. The standard InChI is InChI=1S/Al.Cu.H3Si.Zn.3H/h;;1H3;;;;. The van der Waals surface area contributed by atoms with Crippen LogP contribution in [0.3, 0.4) is 0 Å². The molecule has 0 atom stereocenters. The Balaban J connectivity index is -0.00000000500. The summed E-state index contributed by atoms with van der Waals surface area (Å²) in [7, 11) is 1.43. The first-order valence-corrected chi connectivity index (χ1v) is 11.0. The summed E-state index contributed by atoms with van der Waals surface area (Å²) in [6, 6.07) is 0. The summed E-state index contributed by atoms with van der Waals surface area (Å²) < 4.78 is 0. The third-order valence-corrected chi connectivity index (χ3v) is 0. The van der Waals surface area contributed by atoms with Crippen LogP contribution in [0.4, 0.5) is 0 Å². The first kappa shape index (κ1) is 16.9. The zero-order valence-corrected chi connectivity index (χ0v) is 7.92. The second-order valence-corrected chi connectivity index (χ2v) is 0. The molecule has 0 amide bonds. The third-order valence-electron chi connectivity index (χ3n) is 0. The van der Waals surface area contributed by atoms with Gasteiger partial charge in [0.15, 0.2) is 17.4 Å². The van der Waals surface area contributed by atoms with Gasteiger partial charge in [-0.15, -0.1) is 0 Å². The third kappa shape index (κ3) is 9.09. The average molecular weight is 190 g/mol. The van der Waals surface area contributed by atoms with Crippen molar-refractivity contribution in [2.75, 3.05) is 0 Å². The van der Waals surface area contributed by atoms with Crippen molar-refractivity contribution < 1.29 is 34.7 Å². The molecule has 0 nitrogen and oxygen atoms in total. The Morgan fingerprint density at radius 1 is 1.25 bits per heavy atom. The van der Waals surface area contributed by atoms with Gasteiger partial charge in [0.05, 0.1) is 0 Å². The molecule has 0 N–H and O–H groups in total. The number of hydrogen-bond donors (Lipinski definition) is 0. The fraction of sp³-hybridized carbons (Fsp3) is 0. The number of rotatable bonds is 0. The van der Waals surface area contributed by atoms with E-state index in [2.05, 4.69) is 0 Å². The molecule has 0 saturated carbocycles. The van der Waals surface area contributed by atoms with E-state index in [9.17, 15) is 0 Å². The molecule has 0 aliphatic carbocycles. The van der Waals surface area contributed by atoms with Crippen molar-refractivity contribution in [1.82, 2.24) is 0 Å². The molecule has 0 bridgehead atoms. The van der Waals surface area contributed by atoms with Gasteiger partial charge in [-0.05, 0) is 0 Å². The van der Waals surface area contributed by atoms with Crippen LogP contribution in [0.25, 0.3) is 0 Å². The van der Waals surface area contributed by atoms with E-state index in [-0.39, 0.29) is 34.4 Å². The van der Waals surface area contributed by atoms with Crippen LogP contribution in [0.15, 0.2) is 0 Å². The predicted octanol–water partition coefficient (Wildman–Crippen LogP) is -2.37. The summed E-state index contributed by atoms with van der Waals surface area (Å²) in [5, 5.41) is 0. The van der Waals surface area contributed by atoms with Crippen LogP contribution in [-0.2, 0) is 34.7 Å². The van der Waals surface area contributed by atoms with Crippen LogP contribution in [0.5, 0.6) is 0 Å². The second-order valence-electron chi connectivity index (χ2n) is 0. The average Bonchev–Trinajstić information content (AvgIpc) is 1.00. The van der Waals surface area contributed by atoms with Gasteiger partial charge in [-0.25, -0.2) is 0 Å². The monoisotopic (exact) mass is 188 g/mol. The molecule has 0 aromatic rings. The molecule has 0 aliphatic rings. The Bertz CT molecular complexity index is 8.00. The van der Waals surface area contributed by atoms with Gasteiger partial charge >= 0.3 is 26.1 Å². The molecule has 26 valence electrons. The minimum absolute atomic E-state index is 0. The molecule has 0 rings (SSSR count). The summed E-state index contributed by atoms with van der Waals surface area (Å²) in [4.78, 5) is 0. The molecule has 0 unspecified atom stereocenters. The molecule has 1 radical (unpaired) electrons. The van der Waals surface area contributed by atoms with E-state index in [1.807, 2.05) is 0 Å². The minimum atomic E-state index is 0. The number of hydrogen-bond acceptors (Lipinski definition) is 0. The summed E-state index contributed by atoms with van der Waals surface area (Å²) in [5.74, 6) is 0. The topological polar surface area (TPSA) is 0 Å². The second kappa shape index (κ2) is 20.7. The molecule has 0 heterocycles. The summed E-state index contributed by atoms with van der Waals surface area (Å²) in [5.41, 5.74) is 0. The quantitative estimate of drug-likeness (QED) is 0.374. The Morgan fingerprint density at radius 2 is 1.25 bits per heavy atom. The first-order valence-electron chi connectivity index (χ1n) is 0.707. The van der Waals surface area contributed by atoms with E-state index in [0.717, 1.165) is 0 Å². The van der Waals surface area contributed by atoms with Gasteiger partial charge in [-0.3, -0.25) is 0 Å². The Labute approximate surface area is 60.1 Å². The van der Waals surface area contributed by atoms with Crippen molar-refractivity contribution in [3.05, 3.63) is 0 Å². The molecule has 0 aromatic carbocycles. The van der Waals surface area contributed by atoms with Gasteiger partial charge in [-0.1, -0.05) is 0 Å². The molecule has 4 heteroatoms. The van der Waals surface area contributed by atoms with E-state index in [4.69, 9.17) is 0 Å². The van der Waals surface area contributed by atoms with Crippen molar-refractivity contribution in [3.8, 4) is 0 Å². The fourth-order valence-electron chi connectivity index (χ4n) is 0. The molecule has 0 aromatic heterocycles. The normalized spacial score (nSPS) is 2.50. The molecular weight excluding hydrogens is 184 g/mol. The Kier molecular flexibility index (Phi) is 87.2. The molecule has 0 aliphatic heterocycles. The van der Waals surface area contributed by atoms with Gasteiger partial charge in [0, 0.05) is 17.1 Å². The van der Waals surface area contributed by atoms with E-state index in [0.29, 0.717) is 0 Å². The van der Waals surface area contributed by atoms with Crippen molar-refractivity contribution in [1.29, 1.82) is 0 Å². The summed E-state index contributed by atoms with van der Waals surface area (Å²) >= 11 is 1.51. The van der Waals surface area contributed by atoms with Crippen LogP contribution >= 0.6 is 0 Å². The van der Waals surface area contributed by atoms with Crippen LogP contribution in [0, 0.1) is 0 Å². The predicted molar refractivity (Wildman–Crippen MR) is 19.9 cm³/mol. The van der Waals surface area contributed by atoms with Crippen LogP contribution in [0.2, 0.25) is 0 Å². The maximum absolute atomic E-state index is 1.51. The molecule has 0 spiro atoms. The zero-order chi connectivity index (χ0) is 2.00. The van der Waals surface area contributed by atoms with Crippen molar-refractivity contribution >= 4 is 25.8 Å². The van der Waals surface area contributed by atoms with Gasteiger partial charge < -0.3 is 0 Å². The van der Waals surface area contributed by atoms with E-state index in [1.54, 1.807) is 0 Å². The Hall–Kier alpha value is 1.89. The van der Waals surface area contributed by atoms with Crippen LogP contribution in [0.1, 0.15) is 0 Å². The summed E-state index contributed by atoms with van der Waals surface area (Å²) in [6.45, 7) is 0. The first-order chi connectivity index (χ1) is 1.00. The van der Waals surface area contributed by atoms with Gasteiger partial charge in [0.2, 0.25) is 0 Å². The molecule has 4 heavy (non-hydrogen) atoms. The molecule has 0 fully saturated rings. The van der Waals surface area contributed by atoms with Gasteiger partial charge in [-0.2, -0.15) is 0 Å². The maximum atomic E-state index is 1.51. The van der Waals surface area contributed by atoms with Crippen LogP contribution < -0.4 is 0 Å².